The van der Waals surface area contributed by atoms with Crippen LogP contribution in [0.4, 0.5) is 0 Å². The molecule has 0 aromatic heterocycles. The number of hydrogen-bond donors (Lipinski definition) is 0. The molecule has 1 radical (unpaired) electrons. The number of carbonyl (C=O) groups is 3. The number of aliphatic carboxylic acids is 3. The quantitative estimate of drug-likeness (QED) is 0.387. The Labute approximate surface area is 131 Å². The van der Waals surface area contributed by atoms with Crippen LogP contribution in [-0.2, 0) is 31.5 Å². The van der Waals surface area contributed by atoms with Crippen LogP contribution in [0.5, 0.6) is 0 Å². The van der Waals surface area contributed by atoms with Crippen LogP contribution in [0.1, 0.15) is 0 Å². The standard InChI is InChI=1S/3C3H4O2.Fe.Na.H/c3*1-2-3(4)5;;;/h3*2H,1H2,(H,4,5);;;/q;;;+3;;/p-3. The Morgan fingerprint density at radius 3 is 0.765 bits per heavy atom. The van der Waals surface area contributed by atoms with E-state index in [1.54, 1.807) is 0 Å². The molecule has 0 fully saturated rings. The van der Waals surface area contributed by atoms with E-state index in [-0.39, 0.29) is 46.6 Å². The first-order valence-corrected chi connectivity index (χ1v) is 3.32. The molecule has 0 spiro atoms. The van der Waals surface area contributed by atoms with Gasteiger partial charge in [-0.3, -0.25) is 0 Å². The van der Waals surface area contributed by atoms with Gasteiger partial charge in [0.1, 0.15) is 0 Å². The topological polar surface area (TPSA) is 120 Å². The summed E-state index contributed by atoms with van der Waals surface area (Å²) >= 11 is 0. The normalized spacial score (nSPS) is 5.65. The van der Waals surface area contributed by atoms with Crippen LogP contribution in [0.15, 0.2) is 38.0 Å². The fourth-order valence-electron chi connectivity index (χ4n) is 0. The van der Waals surface area contributed by atoms with Crippen molar-refractivity contribution in [1.82, 2.24) is 0 Å². The third kappa shape index (κ3) is 98.8. The molecule has 0 aliphatic heterocycles. The van der Waals surface area contributed by atoms with Crippen molar-refractivity contribution in [2.75, 3.05) is 0 Å². The molecule has 0 bridgehead atoms. The van der Waals surface area contributed by atoms with Crippen molar-refractivity contribution >= 4 is 47.5 Å². The molecule has 0 rings (SSSR count). The minimum atomic E-state index is -1.23. The van der Waals surface area contributed by atoms with Crippen LogP contribution < -0.4 is 15.3 Å². The number of carboxylic acid groups (broad SMARTS) is 3. The van der Waals surface area contributed by atoms with Crippen molar-refractivity contribution in [3.05, 3.63) is 38.0 Å². The van der Waals surface area contributed by atoms with Crippen LogP contribution >= 0.6 is 0 Å². The molecular weight excluding hydrogens is 283 g/mol. The third-order valence-electron chi connectivity index (χ3n) is 0.500. The number of hydrogen-bond acceptors (Lipinski definition) is 6. The molecule has 0 atom stereocenters. The molecule has 8 heteroatoms. The molecule has 0 aliphatic carbocycles. The molecule has 0 aromatic carbocycles. The van der Waals surface area contributed by atoms with Crippen molar-refractivity contribution in [2.24, 2.45) is 0 Å². The van der Waals surface area contributed by atoms with Gasteiger partial charge in [0.05, 0.1) is 17.9 Å². The average molecular weight is 293 g/mol. The zero-order valence-electron chi connectivity index (χ0n) is 8.16. The Hall–Kier alpha value is -0.851. The van der Waals surface area contributed by atoms with E-state index in [9.17, 15) is 0 Å². The molecule has 0 saturated heterocycles. The van der Waals surface area contributed by atoms with E-state index in [2.05, 4.69) is 19.7 Å². The summed E-state index contributed by atoms with van der Waals surface area (Å²) in [6.45, 7) is 8.69. The average Bonchev–Trinajstić information content (AvgIpc) is 2.19. The van der Waals surface area contributed by atoms with Gasteiger partial charge in [-0.1, -0.05) is 19.7 Å². The van der Waals surface area contributed by atoms with Crippen LogP contribution in [0.2, 0.25) is 0 Å². The summed E-state index contributed by atoms with van der Waals surface area (Å²) in [5.41, 5.74) is 0. The monoisotopic (exact) mass is 293 g/mol. The molecule has 0 N–H and O–H groups in total. The molecular formula is C9H10FeNaO6. The predicted molar refractivity (Wildman–Crippen MR) is 52.8 cm³/mol. The molecule has 0 aromatic rings. The zero-order valence-corrected chi connectivity index (χ0v) is 9.26. The summed E-state index contributed by atoms with van der Waals surface area (Å²) in [5, 5.41) is 27.4. The number of rotatable bonds is 3. The van der Waals surface area contributed by atoms with Gasteiger partial charge >= 0.3 is 46.6 Å². The van der Waals surface area contributed by atoms with Crippen LogP contribution in [0.3, 0.4) is 0 Å². The summed E-state index contributed by atoms with van der Waals surface area (Å²) in [4.78, 5) is 27.4. The van der Waals surface area contributed by atoms with Gasteiger partial charge in [0.25, 0.3) is 0 Å². The van der Waals surface area contributed by atoms with E-state index in [0.717, 1.165) is 18.2 Å². The number of carbonyl (C=O) groups excluding carboxylic acids is 3. The molecule has 0 aliphatic rings. The van der Waals surface area contributed by atoms with Crippen LogP contribution in [0, 0.1) is 0 Å². The molecule has 17 heavy (non-hydrogen) atoms. The Balaban J connectivity index is -0.0000000400. The molecule has 0 unspecified atom stereocenters. The van der Waals surface area contributed by atoms with Gasteiger partial charge in [0.15, 0.2) is 0 Å². The Morgan fingerprint density at radius 2 is 0.765 bits per heavy atom. The van der Waals surface area contributed by atoms with Crippen molar-refractivity contribution in [2.45, 2.75) is 0 Å². The summed E-state index contributed by atoms with van der Waals surface area (Å²) in [6, 6.07) is 0. The molecule has 0 saturated carbocycles. The molecule has 0 amide bonds. The Bertz CT molecular complexity index is 221. The van der Waals surface area contributed by atoms with E-state index >= 15 is 0 Å². The SMILES string of the molecule is C=CC(=O)[O-].C=CC(=O)[O-].C=CC(=O)[O-].[Fe+3].[NaH]. The van der Waals surface area contributed by atoms with Crippen LogP contribution in [0.25, 0.3) is 0 Å². The molecule has 0 heterocycles. The first-order valence-electron chi connectivity index (χ1n) is 3.32. The minimum absolute atomic E-state index is 0. The summed E-state index contributed by atoms with van der Waals surface area (Å²) in [5.74, 6) is -3.69. The van der Waals surface area contributed by atoms with Gasteiger partial charge in [0, 0.05) is 0 Å². The van der Waals surface area contributed by atoms with Gasteiger partial charge in [-0.05, 0) is 18.2 Å². The second-order valence-electron chi connectivity index (χ2n) is 1.57. The fraction of sp³-hybridized carbons (Fsp3) is 0. The maximum absolute atomic E-state index is 9.14. The third-order valence-corrected chi connectivity index (χ3v) is 0.500. The maximum atomic E-state index is 9.14. The Kier molecular flexibility index (Phi) is 42.8. The van der Waals surface area contributed by atoms with Gasteiger partial charge in [0.2, 0.25) is 0 Å². The van der Waals surface area contributed by atoms with Crippen LogP contribution in [-0.4, -0.2) is 47.5 Å². The van der Waals surface area contributed by atoms with Gasteiger partial charge in [-0.15, -0.1) is 0 Å². The second-order valence-corrected chi connectivity index (χ2v) is 1.57. The van der Waals surface area contributed by atoms with Gasteiger partial charge in [-0.2, -0.15) is 0 Å². The second kappa shape index (κ2) is 24.4. The molecule has 6 nitrogen and oxygen atoms in total. The van der Waals surface area contributed by atoms with Gasteiger partial charge in [-0.25, -0.2) is 0 Å². The van der Waals surface area contributed by atoms with E-state index in [1.807, 2.05) is 0 Å². The molecule has 91 valence electrons. The van der Waals surface area contributed by atoms with Gasteiger partial charge < -0.3 is 29.7 Å². The number of carboxylic acids is 3. The predicted octanol–water partition coefficient (Wildman–Crippen LogP) is -3.88. The van der Waals surface area contributed by atoms with Crippen molar-refractivity contribution in [1.29, 1.82) is 0 Å². The fourth-order valence-corrected chi connectivity index (χ4v) is 0. The summed E-state index contributed by atoms with van der Waals surface area (Å²) in [7, 11) is 0. The van der Waals surface area contributed by atoms with E-state index in [1.165, 1.54) is 0 Å². The zero-order chi connectivity index (χ0) is 12.9. The van der Waals surface area contributed by atoms with Crippen molar-refractivity contribution < 1.29 is 46.8 Å². The van der Waals surface area contributed by atoms with E-state index in [4.69, 9.17) is 29.7 Å². The van der Waals surface area contributed by atoms with E-state index < -0.39 is 17.9 Å². The van der Waals surface area contributed by atoms with Crippen molar-refractivity contribution in [3.8, 4) is 0 Å². The summed E-state index contributed by atoms with van der Waals surface area (Å²) in [6.07, 6.45) is 2.17. The van der Waals surface area contributed by atoms with E-state index in [0.29, 0.717) is 0 Å². The Morgan fingerprint density at radius 1 is 0.706 bits per heavy atom. The van der Waals surface area contributed by atoms with Crippen molar-refractivity contribution in [3.63, 3.8) is 0 Å². The first-order chi connectivity index (χ1) is 6.81. The summed E-state index contributed by atoms with van der Waals surface area (Å²) < 4.78 is 0. The first kappa shape index (κ1) is 29.8.